The maximum absolute atomic E-state index is 6.49. The van der Waals surface area contributed by atoms with Crippen LogP contribution >= 0.6 is 0 Å². The molecule has 6 heteroatoms. The van der Waals surface area contributed by atoms with E-state index in [-0.39, 0.29) is 0 Å². The van der Waals surface area contributed by atoms with Gasteiger partial charge in [0.1, 0.15) is 22.3 Å². The van der Waals surface area contributed by atoms with Crippen LogP contribution in [0.4, 0.5) is 17.1 Å². The van der Waals surface area contributed by atoms with Crippen molar-refractivity contribution in [3.63, 3.8) is 0 Å². The Hall–Kier alpha value is -7.57. The Morgan fingerprint density at radius 3 is 2.00 bits per heavy atom. The molecule has 4 heterocycles. The molecule has 0 spiro atoms. The average Bonchev–Trinajstić information content (AvgIpc) is 4.02. The standard InChI is InChI=1S/C51H34N4O2/c1-3-12-33(13-4-1)34-22-26-37(27-23-34)53(38-28-24-35(25-29-38)40-18-11-21-47-48(40)41-16-7-9-19-45(41)56-47)39-30-31-43-44(32-39)54(36-14-5-2-6-15-36)51-52-49-42-17-8-10-20-46(42)57-50(49)55(43)51/h2-3,5-32H,1,4H2. The molecule has 1 aliphatic rings. The third-order valence-corrected chi connectivity index (χ3v) is 11.4. The number of hydrogen-bond acceptors (Lipinski definition) is 4. The normalized spacial score (nSPS) is 13.2. The summed E-state index contributed by atoms with van der Waals surface area (Å²) in [6.45, 7) is 0. The Bertz CT molecular complexity index is 3390. The molecule has 0 fully saturated rings. The lowest BCUT2D eigenvalue weighted by atomic mass is 9.98. The van der Waals surface area contributed by atoms with Crippen LogP contribution < -0.4 is 4.90 Å². The number of rotatable bonds is 6. The first-order valence-electron chi connectivity index (χ1n) is 19.4. The van der Waals surface area contributed by atoms with E-state index in [4.69, 9.17) is 13.8 Å². The van der Waals surface area contributed by atoms with E-state index in [1.54, 1.807) is 0 Å². The van der Waals surface area contributed by atoms with Crippen molar-refractivity contribution < 1.29 is 8.83 Å². The van der Waals surface area contributed by atoms with Crippen LogP contribution in [0.15, 0.2) is 191 Å². The van der Waals surface area contributed by atoms with Crippen LogP contribution in [0, 0.1) is 0 Å². The second kappa shape index (κ2) is 12.5. The molecule has 0 atom stereocenters. The Morgan fingerprint density at radius 1 is 0.544 bits per heavy atom. The molecule has 6 nitrogen and oxygen atoms in total. The molecule has 270 valence electrons. The monoisotopic (exact) mass is 734 g/mol. The van der Waals surface area contributed by atoms with E-state index in [0.29, 0.717) is 0 Å². The molecule has 11 aromatic rings. The minimum absolute atomic E-state index is 0.744. The van der Waals surface area contributed by atoms with Gasteiger partial charge in [0.05, 0.1) is 11.0 Å². The van der Waals surface area contributed by atoms with Crippen molar-refractivity contribution in [1.82, 2.24) is 14.0 Å². The minimum atomic E-state index is 0.744. The van der Waals surface area contributed by atoms with Gasteiger partial charge in [-0.2, -0.15) is 0 Å². The Morgan fingerprint density at radius 2 is 1.23 bits per heavy atom. The van der Waals surface area contributed by atoms with Crippen molar-refractivity contribution >= 4 is 83.6 Å². The Kier molecular flexibility index (Phi) is 6.95. The number of allylic oxidation sites excluding steroid dienone is 4. The topological polar surface area (TPSA) is 51.8 Å². The van der Waals surface area contributed by atoms with Crippen LogP contribution in [0.2, 0.25) is 0 Å². The van der Waals surface area contributed by atoms with E-state index < -0.39 is 0 Å². The summed E-state index contributed by atoms with van der Waals surface area (Å²) in [5.41, 5.74) is 15.2. The van der Waals surface area contributed by atoms with Crippen LogP contribution in [0.5, 0.6) is 0 Å². The highest BCUT2D eigenvalue weighted by Crippen LogP contribution is 2.42. The summed E-state index contributed by atoms with van der Waals surface area (Å²) < 4.78 is 17.1. The van der Waals surface area contributed by atoms with E-state index in [2.05, 4.69) is 159 Å². The van der Waals surface area contributed by atoms with E-state index in [9.17, 15) is 0 Å². The molecule has 12 rings (SSSR count). The zero-order chi connectivity index (χ0) is 37.5. The molecule has 0 N–H and O–H groups in total. The van der Waals surface area contributed by atoms with Crippen molar-refractivity contribution in [2.45, 2.75) is 12.8 Å². The van der Waals surface area contributed by atoms with Gasteiger partial charge in [0.2, 0.25) is 11.5 Å². The first-order chi connectivity index (χ1) is 28.3. The summed E-state index contributed by atoms with van der Waals surface area (Å²) >= 11 is 0. The quantitative estimate of drug-likeness (QED) is 0.171. The van der Waals surface area contributed by atoms with Crippen LogP contribution in [0.25, 0.3) is 83.3 Å². The smallest absolute Gasteiger partial charge is 0.234 e. The molecule has 0 saturated heterocycles. The number of hydrogen-bond donors (Lipinski definition) is 0. The third-order valence-electron chi connectivity index (χ3n) is 11.4. The van der Waals surface area contributed by atoms with Gasteiger partial charge in [-0.1, -0.05) is 103 Å². The van der Waals surface area contributed by atoms with Crippen molar-refractivity contribution in [2.75, 3.05) is 4.90 Å². The number of nitrogens with zero attached hydrogens (tertiary/aromatic N) is 4. The SMILES string of the molecule is C1=CC(c2ccc(N(c3ccc(-c4cccc5oc6ccccc6c45)cc3)c3ccc4c(c3)n(-c3ccccc3)c3nc5c6ccccc6oc5n43)cc2)=CCC1. The summed E-state index contributed by atoms with van der Waals surface area (Å²) in [4.78, 5) is 7.58. The lowest BCUT2D eigenvalue weighted by Gasteiger charge is -2.26. The van der Waals surface area contributed by atoms with Gasteiger partial charge in [-0.05, 0) is 114 Å². The fourth-order valence-electron chi connectivity index (χ4n) is 8.73. The van der Waals surface area contributed by atoms with Gasteiger partial charge in [-0.25, -0.2) is 9.38 Å². The second-order valence-corrected chi connectivity index (χ2v) is 14.7. The molecular formula is C51H34N4O2. The lowest BCUT2D eigenvalue weighted by Crippen LogP contribution is -2.10. The summed E-state index contributed by atoms with van der Waals surface area (Å²) in [6, 6.07) is 57.7. The number of furan rings is 2. The summed E-state index contributed by atoms with van der Waals surface area (Å²) in [6.07, 6.45) is 8.99. The molecule has 0 amide bonds. The van der Waals surface area contributed by atoms with Crippen molar-refractivity contribution in [2.24, 2.45) is 0 Å². The highest BCUT2D eigenvalue weighted by atomic mass is 16.3. The van der Waals surface area contributed by atoms with Gasteiger partial charge < -0.3 is 13.7 Å². The van der Waals surface area contributed by atoms with Gasteiger partial charge in [0.25, 0.3) is 0 Å². The number of anilines is 3. The second-order valence-electron chi connectivity index (χ2n) is 14.7. The van der Waals surface area contributed by atoms with Gasteiger partial charge in [-0.3, -0.25) is 4.57 Å². The molecular weight excluding hydrogens is 701 g/mol. The number of fused-ring (bicyclic) bond motifs is 10. The maximum Gasteiger partial charge on any atom is 0.234 e. The van der Waals surface area contributed by atoms with Gasteiger partial charge >= 0.3 is 0 Å². The van der Waals surface area contributed by atoms with Crippen molar-refractivity contribution in [3.05, 3.63) is 188 Å². The molecule has 4 aromatic heterocycles. The molecule has 1 aliphatic carbocycles. The number of imidazole rings is 2. The zero-order valence-corrected chi connectivity index (χ0v) is 30.8. The Balaban J connectivity index is 1.05. The van der Waals surface area contributed by atoms with Crippen LogP contribution in [0.1, 0.15) is 18.4 Å². The number of aromatic nitrogens is 3. The minimum Gasteiger partial charge on any atom is -0.456 e. The van der Waals surface area contributed by atoms with Gasteiger partial charge in [0.15, 0.2) is 0 Å². The summed E-state index contributed by atoms with van der Waals surface area (Å²) in [5.74, 6) is 0.808. The molecule has 0 unspecified atom stereocenters. The molecule has 0 bridgehead atoms. The summed E-state index contributed by atoms with van der Waals surface area (Å²) in [7, 11) is 0. The van der Waals surface area contributed by atoms with E-state index >= 15 is 0 Å². The fourth-order valence-corrected chi connectivity index (χ4v) is 8.73. The largest absolute Gasteiger partial charge is 0.456 e. The van der Waals surface area contributed by atoms with E-state index in [1.165, 1.54) is 11.1 Å². The van der Waals surface area contributed by atoms with E-state index in [0.717, 1.165) is 108 Å². The third kappa shape index (κ3) is 4.94. The predicted octanol–water partition coefficient (Wildman–Crippen LogP) is 13.9. The Labute approximate surface area is 327 Å². The van der Waals surface area contributed by atoms with Crippen LogP contribution in [-0.4, -0.2) is 14.0 Å². The predicted molar refractivity (Wildman–Crippen MR) is 233 cm³/mol. The summed E-state index contributed by atoms with van der Waals surface area (Å²) in [5, 5.41) is 3.27. The highest BCUT2D eigenvalue weighted by molar-refractivity contribution is 6.12. The lowest BCUT2D eigenvalue weighted by molar-refractivity contribution is 0.651. The number of benzene rings is 7. The number of para-hydroxylation sites is 3. The average molecular weight is 735 g/mol. The molecule has 7 aromatic carbocycles. The molecule has 0 radical (unpaired) electrons. The van der Waals surface area contributed by atoms with Gasteiger partial charge in [-0.15, -0.1) is 0 Å². The molecule has 57 heavy (non-hydrogen) atoms. The van der Waals surface area contributed by atoms with Crippen molar-refractivity contribution in [3.8, 4) is 16.8 Å². The first kappa shape index (κ1) is 31.7. The maximum atomic E-state index is 6.49. The fraction of sp³-hybridized carbons (Fsp3) is 0.0392. The molecule has 0 saturated carbocycles. The first-order valence-corrected chi connectivity index (χ1v) is 19.4. The highest BCUT2D eigenvalue weighted by Gasteiger charge is 2.24. The van der Waals surface area contributed by atoms with Crippen LogP contribution in [-0.2, 0) is 0 Å². The molecule has 0 aliphatic heterocycles. The van der Waals surface area contributed by atoms with Crippen molar-refractivity contribution in [1.29, 1.82) is 0 Å². The van der Waals surface area contributed by atoms with E-state index in [1.807, 2.05) is 36.4 Å². The zero-order valence-electron chi connectivity index (χ0n) is 30.8. The van der Waals surface area contributed by atoms with Gasteiger partial charge in [0, 0.05) is 38.9 Å². The van der Waals surface area contributed by atoms with Crippen LogP contribution in [0.3, 0.4) is 0 Å².